The molecule has 0 saturated carbocycles. The minimum absolute atomic E-state index is 0.106. The minimum atomic E-state index is -0.106. The van der Waals surface area contributed by atoms with Crippen LogP contribution in [0.2, 0.25) is 0 Å². The first-order valence-corrected chi connectivity index (χ1v) is 23.2. The van der Waals surface area contributed by atoms with Crippen LogP contribution < -0.4 is 4.90 Å². The second-order valence-electron chi connectivity index (χ2n) is 18.8. The van der Waals surface area contributed by atoms with Gasteiger partial charge < -0.3 is 9.30 Å². The first-order valence-electron chi connectivity index (χ1n) is 23.2. The molecule has 0 spiro atoms. The fourth-order valence-corrected chi connectivity index (χ4v) is 11.9. The molecule has 310 valence electrons. The number of aromatic nitrogens is 1. The second kappa shape index (κ2) is 13.9. The fraction of sp³-hybridized carbons (Fsp3) is 0.0625. The van der Waals surface area contributed by atoms with Gasteiger partial charge in [0.05, 0.1) is 16.6 Å². The number of fused-ring (bicyclic) bond motifs is 10. The van der Waals surface area contributed by atoms with Gasteiger partial charge in [0.1, 0.15) is 0 Å². The summed E-state index contributed by atoms with van der Waals surface area (Å²) in [5.41, 5.74) is 20.0. The van der Waals surface area contributed by atoms with Crippen molar-refractivity contribution in [2.75, 3.05) is 4.90 Å². The Kier molecular flexibility index (Phi) is 7.83. The zero-order chi connectivity index (χ0) is 43.7. The van der Waals surface area contributed by atoms with Crippen LogP contribution in [0.25, 0.3) is 93.0 Å². The minimum Gasteiger partial charge on any atom is -0.310 e. The van der Waals surface area contributed by atoms with Gasteiger partial charge >= 0.3 is 0 Å². The van der Waals surface area contributed by atoms with Gasteiger partial charge in [0.15, 0.2) is 0 Å². The Balaban J connectivity index is 0.938. The summed E-state index contributed by atoms with van der Waals surface area (Å²) in [4.78, 5) is 2.42. The van der Waals surface area contributed by atoms with E-state index in [1.54, 1.807) is 0 Å². The molecule has 0 atom stereocenters. The molecule has 0 bridgehead atoms. The molecule has 2 nitrogen and oxygen atoms in total. The van der Waals surface area contributed by atoms with Gasteiger partial charge in [-0.05, 0) is 138 Å². The average Bonchev–Trinajstić information content (AvgIpc) is 4.00. The Labute approximate surface area is 383 Å². The first kappa shape index (κ1) is 37.2. The van der Waals surface area contributed by atoms with Gasteiger partial charge in [0.25, 0.3) is 0 Å². The third-order valence-corrected chi connectivity index (χ3v) is 15.0. The maximum Gasteiger partial charge on any atom is 0.0619 e. The summed E-state index contributed by atoms with van der Waals surface area (Å²) < 4.78 is 2.54. The molecule has 14 rings (SSSR count). The molecule has 0 amide bonds. The Morgan fingerprint density at radius 1 is 0.364 bits per heavy atom. The third kappa shape index (κ3) is 5.30. The summed E-state index contributed by atoms with van der Waals surface area (Å²) in [7, 11) is 0. The molecule has 0 radical (unpaired) electrons. The van der Waals surface area contributed by atoms with E-state index in [2.05, 4.69) is 242 Å². The van der Waals surface area contributed by atoms with Crippen LogP contribution in [0.4, 0.5) is 17.1 Å². The van der Waals surface area contributed by atoms with Crippen LogP contribution in [-0.4, -0.2) is 4.40 Å². The highest BCUT2D eigenvalue weighted by molar-refractivity contribution is 6.27. The number of para-hydroxylation sites is 2. The Bertz CT molecular complexity index is 4020. The number of rotatable bonds is 5. The van der Waals surface area contributed by atoms with Gasteiger partial charge in [0, 0.05) is 44.0 Å². The molecule has 2 aromatic heterocycles. The summed E-state index contributed by atoms with van der Waals surface area (Å²) in [5.74, 6) is 0. The lowest BCUT2D eigenvalue weighted by atomic mass is 9.82. The summed E-state index contributed by atoms with van der Waals surface area (Å²) in [6, 6.07) is 81.6. The summed E-state index contributed by atoms with van der Waals surface area (Å²) in [6.07, 6.45) is 0.966. The smallest absolute Gasteiger partial charge is 0.0619 e. The predicted octanol–water partition coefficient (Wildman–Crippen LogP) is 17.3. The molecule has 12 aromatic rings. The predicted molar refractivity (Wildman–Crippen MR) is 280 cm³/mol. The third-order valence-electron chi connectivity index (χ3n) is 15.0. The molecule has 0 fully saturated rings. The highest BCUT2D eigenvalue weighted by atomic mass is 15.1. The van der Waals surface area contributed by atoms with Crippen LogP contribution >= 0.6 is 0 Å². The molecule has 0 saturated heterocycles. The Morgan fingerprint density at radius 3 is 1.62 bits per heavy atom. The lowest BCUT2D eigenvalue weighted by Gasteiger charge is -2.28. The first-order chi connectivity index (χ1) is 32.5. The number of nitrogens with zero attached hydrogens (tertiary/aromatic N) is 2. The summed E-state index contributed by atoms with van der Waals surface area (Å²) in [5, 5.41) is 10.5. The lowest BCUT2D eigenvalue weighted by molar-refractivity contribution is 0.660. The average molecular weight is 841 g/mol. The van der Waals surface area contributed by atoms with Crippen molar-refractivity contribution < 1.29 is 0 Å². The molecule has 2 aliphatic rings. The van der Waals surface area contributed by atoms with Crippen molar-refractivity contribution in [3.8, 4) is 33.4 Å². The quantitative estimate of drug-likeness (QED) is 0.168. The molecule has 2 heteroatoms. The van der Waals surface area contributed by atoms with Crippen molar-refractivity contribution in [3.05, 3.63) is 241 Å². The zero-order valence-electron chi connectivity index (χ0n) is 36.9. The maximum atomic E-state index is 2.54. The highest BCUT2D eigenvalue weighted by Gasteiger charge is 2.36. The van der Waals surface area contributed by atoms with E-state index >= 15 is 0 Å². The lowest BCUT2D eigenvalue weighted by Crippen LogP contribution is -2.16. The molecule has 2 heterocycles. The molecule has 66 heavy (non-hydrogen) atoms. The van der Waals surface area contributed by atoms with Gasteiger partial charge in [0.2, 0.25) is 0 Å². The molecular weight excluding hydrogens is 797 g/mol. The van der Waals surface area contributed by atoms with Crippen LogP contribution in [0.15, 0.2) is 218 Å². The van der Waals surface area contributed by atoms with Gasteiger partial charge in [-0.2, -0.15) is 0 Å². The normalized spacial score (nSPS) is 13.4. The molecule has 0 N–H and O–H groups in total. The Morgan fingerprint density at radius 2 is 0.879 bits per heavy atom. The molecule has 2 aliphatic carbocycles. The van der Waals surface area contributed by atoms with E-state index in [-0.39, 0.29) is 5.41 Å². The van der Waals surface area contributed by atoms with E-state index in [1.807, 2.05) is 0 Å². The zero-order valence-corrected chi connectivity index (χ0v) is 36.9. The van der Waals surface area contributed by atoms with Crippen LogP contribution in [0.1, 0.15) is 36.1 Å². The SMILES string of the molecule is CC1(C)c2ccccc2-c2ccc(N(c3ccc(-c4ccccc4)cc3)c3ccc(-c4ccc5c(c4)c4cccc6c7cccc8c7c7c(cccc7c7ccccc7n5c64)C8)cc3)cc21. The van der Waals surface area contributed by atoms with Crippen LogP contribution in [0, 0.1) is 0 Å². The molecular formula is C64H44N2. The number of anilines is 3. The van der Waals surface area contributed by atoms with Crippen molar-refractivity contribution in [2.45, 2.75) is 25.7 Å². The Hall–Kier alpha value is -8.20. The molecule has 0 unspecified atom stereocenters. The van der Waals surface area contributed by atoms with E-state index in [0.717, 1.165) is 23.5 Å². The van der Waals surface area contributed by atoms with E-state index in [4.69, 9.17) is 0 Å². The fourth-order valence-electron chi connectivity index (χ4n) is 11.9. The molecule has 0 aliphatic heterocycles. The van der Waals surface area contributed by atoms with E-state index < -0.39 is 0 Å². The van der Waals surface area contributed by atoms with Crippen LogP contribution in [0.3, 0.4) is 0 Å². The standard InChI is InChI=1S/C64H44N2/c1-64(2)57-23-8-6-17-49(57)50-35-34-48(39-58(50)64)65(46-30-25-41(26-31-46)40-13-4-3-5-14-40)47-32-27-42(28-33-47)43-29-36-60-56(38-43)55-22-12-21-54-53-20-11-16-45-37-44-15-10-19-52(61(44)62(45)53)51-18-7-9-24-59(51)66(60)63(54)55/h3-36,38-39H,37H2,1-2H3. The van der Waals surface area contributed by atoms with Crippen LogP contribution in [-0.2, 0) is 11.8 Å². The van der Waals surface area contributed by atoms with Crippen molar-refractivity contribution >= 4 is 76.7 Å². The van der Waals surface area contributed by atoms with Gasteiger partial charge in [-0.3, -0.25) is 0 Å². The van der Waals surface area contributed by atoms with Crippen LogP contribution in [0.5, 0.6) is 0 Å². The van der Waals surface area contributed by atoms with Crippen molar-refractivity contribution in [1.82, 2.24) is 4.40 Å². The summed E-state index contributed by atoms with van der Waals surface area (Å²) in [6.45, 7) is 4.72. The largest absolute Gasteiger partial charge is 0.310 e. The number of benzene rings is 10. The van der Waals surface area contributed by atoms with E-state index in [1.165, 1.54) is 115 Å². The van der Waals surface area contributed by atoms with E-state index in [9.17, 15) is 0 Å². The van der Waals surface area contributed by atoms with Crippen molar-refractivity contribution in [3.63, 3.8) is 0 Å². The monoisotopic (exact) mass is 840 g/mol. The van der Waals surface area contributed by atoms with Gasteiger partial charge in [-0.15, -0.1) is 0 Å². The second-order valence-corrected chi connectivity index (χ2v) is 18.8. The van der Waals surface area contributed by atoms with Crippen molar-refractivity contribution in [1.29, 1.82) is 0 Å². The number of hydrogen-bond acceptors (Lipinski definition) is 1. The number of hydrogen-bond donors (Lipinski definition) is 0. The molecule has 10 aromatic carbocycles. The highest BCUT2D eigenvalue weighted by Crippen LogP contribution is 2.51. The van der Waals surface area contributed by atoms with Gasteiger partial charge in [-0.25, -0.2) is 0 Å². The summed E-state index contributed by atoms with van der Waals surface area (Å²) >= 11 is 0. The van der Waals surface area contributed by atoms with E-state index in [0.29, 0.717) is 0 Å². The topological polar surface area (TPSA) is 7.65 Å². The van der Waals surface area contributed by atoms with Crippen molar-refractivity contribution in [2.24, 2.45) is 0 Å². The maximum absolute atomic E-state index is 2.54. The van der Waals surface area contributed by atoms with Gasteiger partial charge in [-0.1, -0.05) is 178 Å².